The van der Waals surface area contributed by atoms with Gasteiger partial charge in [-0.25, -0.2) is 0 Å². The second kappa shape index (κ2) is 5.70. The molecule has 2 aromatic heterocycles. The standard InChI is InChI=1S/C26H28N2O2/c1-24(2,3)21-12-15-10-8-9-11-16(15)22-27-23(29)17-13-18-19(14-20(17)28(21)22)26(6,7)30-25(18,4)5/h8-14H,1-7H3. The van der Waals surface area contributed by atoms with E-state index in [9.17, 15) is 4.79 Å². The van der Waals surface area contributed by atoms with Crippen LogP contribution in [0.15, 0.2) is 47.3 Å². The summed E-state index contributed by atoms with van der Waals surface area (Å²) in [6.45, 7) is 14.9. The molecule has 4 nitrogen and oxygen atoms in total. The van der Waals surface area contributed by atoms with Crippen LogP contribution < -0.4 is 5.56 Å². The van der Waals surface area contributed by atoms with Gasteiger partial charge in [-0.3, -0.25) is 9.20 Å². The largest absolute Gasteiger partial charge is 0.360 e. The molecule has 0 aliphatic carbocycles. The van der Waals surface area contributed by atoms with E-state index in [1.807, 2.05) is 24.3 Å². The Morgan fingerprint density at radius 2 is 1.53 bits per heavy atom. The van der Waals surface area contributed by atoms with E-state index >= 15 is 0 Å². The van der Waals surface area contributed by atoms with Gasteiger partial charge in [0.25, 0.3) is 5.56 Å². The molecule has 5 rings (SSSR count). The van der Waals surface area contributed by atoms with Crippen LogP contribution in [-0.2, 0) is 21.4 Å². The third-order valence-corrected chi connectivity index (χ3v) is 6.34. The molecule has 0 spiro atoms. The Morgan fingerprint density at radius 1 is 0.900 bits per heavy atom. The molecule has 1 aliphatic heterocycles. The Morgan fingerprint density at radius 3 is 2.20 bits per heavy atom. The van der Waals surface area contributed by atoms with Crippen molar-refractivity contribution in [3.63, 3.8) is 0 Å². The molecule has 4 heteroatoms. The molecule has 4 aromatic rings. The molecule has 0 fully saturated rings. The summed E-state index contributed by atoms with van der Waals surface area (Å²) in [6, 6.07) is 14.5. The number of aromatic nitrogens is 2. The average molecular weight is 401 g/mol. The third kappa shape index (κ3) is 2.56. The van der Waals surface area contributed by atoms with E-state index in [4.69, 9.17) is 4.74 Å². The van der Waals surface area contributed by atoms with Crippen molar-refractivity contribution in [3.05, 3.63) is 69.6 Å². The van der Waals surface area contributed by atoms with Crippen LogP contribution in [0.25, 0.3) is 27.3 Å². The van der Waals surface area contributed by atoms with Crippen molar-refractivity contribution in [2.75, 3.05) is 0 Å². The molecule has 0 N–H and O–H groups in total. The second-order valence-electron chi connectivity index (χ2n) is 10.5. The fourth-order valence-corrected chi connectivity index (χ4v) is 5.02. The Bertz CT molecular complexity index is 1420. The quantitative estimate of drug-likeness (QED) is 0.350. The van der Waals surface area contributed by atoms with Gasteiger partial charge in [0.1, 0.15) is 5.65 Å². The first kappa shape index (κ1) is 19.3. The summed E-state index contributed by atoms with van der Waals surface area (Å²) in [7, 11) is 0. The molecular formula is C26H28N2O2. The minimum Gasteiger partial charge on any atom is -0.360 e. The van der Waals surface area contributed by atoms with E-state index in [-0.39, 0.29) is 11.0 Å². The van der Waals surface area contributed by atoms with Crippen molar-refractivity contribution >= 4 is 27.3 Å². The summed E-state index contributed by atoms with van der Waals surface area (Å²) in [5, 5.41) is 2.72. The highest BCUT2D eigenvalue weighted by Gasteiger charge is 2.43. The van der Waals surface area contributed by atoms with Crippen molar-refractivity contribution in [1.29, 1.82) is 0 Å². The van der Waals surface area contributed by atoms with E-state index < -0.39 is 11.2 Å². The van der Waals surface area contributed by atoms with E-state index in [2.05, 4.69) is 76.0 Å². The van der Waals surface area contributed by atoms with Gasteiger partial charge in [-0.1, -0.05) is 45.0 Å². The number of hydrogen-bond donors (Lipinski definition) is 0. The molecular weight excluding hydrogens is 372 g/mol. The van der Waals surface area contributed by atoms with Gasteiger partial charge >= 0.3 is 0 Å². The van der Waals surface area contributed by atoms with Crippen LogP contribution in [0.3, 0.4) is 0 Å². The summed E-state index contributed by atoms with van der Waals surface area (Å²) in [6.07, 6.45) is 0. The molecule has 3 heterocycles. The SMILES string of the molecule is CC(C)(C)c1cc2ccccc2c2nc(=O)c3cc4c(cc3n12)C(C)(C)OC4(C)C. The first-order valence-corrected chi connectivity index (χ1v) is 10.5. The number of fused-ring (bicyclic) bond motifs is 6. The molecule has 0 radical (unpaired) electrons. The molecule has 0 saturated carbocycles. The number of benzene rings is 2. The van der Waals surface area contributed by atoms with Gasteiger partial charge < -0.3 is 4.74 Å². The molecule has 154 valence electrons. The van der Waals surface area contributed by atoms with Crippen molar-refractivity contribution in [3.8, 4) is 0 Å². The highest BCUT2D eigenvalue weighted by Crippen LogP contribution is 2.47. The van der Waals surface area contributed by atoms with Gasteiger partial charge in [0.05, 0.1) is 22.1 Å². The zero-order chi connectivity index (χ0) is 21.6. The minimum atomic E-state index is -0.449. The van der Waals surface area contributed by atoms with Gasteiger partial charge in [-0.15, -0.1) is 0 Å². The van der Waals surface area contributed by atoms with Gasteiger partial charge in [-0.05, 0) is 62.4 Å². The maximum Gasteiger partial charge on any atom is 0.281 e. The fraction of sp³-hybridized carbons (Fsp3) is 0.385. The van der Waals surface area contributed by atoms with Crippen LogP contribution >= 0.6 is 0 Å². The molecule has 0 amide bonds. The minimum absolute atomic E-state index is 0.129. The lowest BCUT2D eigenvalue weighted by Gasteiger charge is -2.25. The van der Waals surface area contributed by atoms with Crippen LogP contribution in [0.5, 0.6) is 0 Å². The maximum atomic E-state index is 13.2. The number of ether oxygens (including phenoxy) is 1. The second-order valence-corrected chi connectivity index (χ2v) is 10.5. The molecule has 30 heavy (non-hydrogen) atoms. The smallest absolute Gasteiger partial charge is 0.281 e. The number of hydrogen-bond acceptors (Lipinski definition) is 3. The maximum absolute atomic E-state index is 13.2. The average Bonchev–Trinajstić information content (AvgIpc) is 2.83. The summed E-state index contributed by atoms with van der Waals surface area (Å²) >= 11 is 0. The van der Waals surface area contributed by atoms with Crippen LogP contribution in [0.2, 0.25) is 0 Å². The highest BCUT2D eigenvalue weighted by molar-refractivity contribution is 5.97. The van der Waals surface area contributed by atoms with Crippen LogP contribution in [0, 0.1) is 0 Å². The predicted octanol–water partition coefficient (Wildman–Crippen LogP) is 5.80. The summed E-state index contributed by atoms with van der Waals surface area (Å²) in [5.74, 6) is 0. The Labute approximate surface area is 176 Å². The topological polar surface area (TPSA) is 43.6 Å². The lowest BCUT2D eigenvalue weighted by Crippen LogP contribution is -2.22. The first-order valence-electron chi connectivity index (χ1n) is 10.5. The van der Waals surface area contributed by atoms with Crippen molar-refractivity contribution in [1.82, 2.24) is 9.38 Å². The number of rotatable bonds is 0. The Balaban J connectivity index is 2.07. The van der Waals surface area contributed by atoms with E-state index in [0.29, 0.717) is 11.0 Å². The highest BCUT2D eigenvalue weighted by atomic mass is 16.5. The van der Waals surface area contributed by atoms with Crippen molar-refractivity contribution < 1.29 is 4.74 Å². The molecule has 0 atom stereocenters. The van der Waals surface area contributed by atoms with E-state index in [1.165, 1.54) is 0 Å². The van der Waals surface area contributed by atoms with E-state index in [0.717, 1.165) is 33.1 Å². The molecule has 0 unspecified atom stereocenters. The summed E-state index contributed by atoms with van der Waals surface area (Å²) in [5.41, 5.74) is 3.75. The third-order valence-electron chi connectivity index (χ3n) is 6.34. The predicted molar refractivity (Wildman–Crippen MR) is 122 cm³/mol. The van der Waals surface area contributed by atoms with E-state index in [1.54, 1.807) is 0 Å². The van der Waals surface area contributed by atoms with Crippen molar-refractivity contribution in [2.45, 2.75) is 65.1 Å². The first-order chi connectivity index (χ1) is 13.9. The Hall–Kier alpha value is -2.72. The summed E-state index contributed by atoms with van der Waals surface area (Å²) in [4.78, 5) is 17.8. The van der Waals surface area contributed by atoms with Crippen LogP contribution in [0.1, 0.15) is 65.3 Å². The van der Waals surface area contributed by atoms with Gasteiger partial charge in [0.15, 0.2) is 0 Å². The number of nitrogens with zero attached hydrogens (tertiary/aromatic N) is 2. The normalized spacial score (nSPS) is 17.7. The molecule has 2 aromatic carbocycles. The lowest BCUT2D eigenvalue weighted by molar-refractivity contribution is -0.105. The van der Waals surface area contributed by atoms with Gasteiger partial charge in [0, 0.05) is 16.5 Å². The molecule has 0 bridgehead atoms. The van der Waals surface area contributed by atoms with Crippen LogP contribution in [0.4, 0.5) is 0 Å². The summed E-state index contributed by atoms with van der Waals surface area (Å²) < 4.78 is 8.55. The lowest BCUT2D eigenvalue weighted by atomic mass is 9.88. The van der Waals surface area contributed by atoms with Gasteiger partial charge in [0.2, 0.25) is 0 Å². The fourth-order valence-electron chi connectivity index (χ4n) is 5.02. The van der Waals surface area contributed by atoms with Crippen LogP contribution in [-0.4, -0.2) is 9.38 Å². The van der Waals surface area contributed by atoms with Gasteiger partial charge in [-0.2, -0.15) is 4.98 Å². The zero-order valence-corrected chi connectivity index (χ0v) is 18.8. The number of pyridine rings is 1. The molecule has 1 aliphatic rings. The molecule has 0 saturated heterocycles. The zero-order valence-electron chi connectivity index (χ0n) is 18.8. The Kier molecular flexibility index (Phi) is 3.66. The monoisotopic (exact) mass is 400 g/mol. The van der Waals surface area contributed by atoms with Crippen molar-refractivity contribution in [2.24, 2.45) is 0 Å².